The van der Waals surface area contributed by atoms with E-state index in [0.717, 1.165) is 24.6 Å². The summed E-state index contributed by atoms with van der Waals surface area (Å²) in [5.41, 5.74) is 1.57. The number of piperazine rings is 1. The summed E-state index contributed by atoms with van der Waals surface area (Å²) in [6.45, 7) is 7.78. The Balaban J connectivity index is 2.21. The van der Waals surface area contributed by atoms with Crippen molar-refractivity contribution in [2.24, 2.45) is 0 Å². The van der Waals surface area contributed by atoms with Crippen molar-refractivity contribution < 1.29 is 4.79 Å². The van der Waals surface area contributed by atoms with Gasteiger partial charge in [-0.25, -0.2) is 4.98 Å². The number of carbonyl (C=O) groups excluding carboxylic acids is 1. The van der Waals surface area contributed by atoms with Gasteiger partial charge in [0.1, 0.15) is 5.82 Å². The number of nitrogens with one attached hydrogen (secondary N) is 1. The number of rotatable bonds is 2. The third-order valence-corrected chi connectivity index (χ3v) is 4.10. The highest BCUT2D eigenvalue weighted by molar-refractivity contribution is 5.95. The van der Waals surface area contributed by atoms with Crippen LogP contribution in [0.5, 0.6) is 0 Å². The van der Waals surface area contributed by atoms with Crippen LogP contribution in [-0.2, 0) is 0 Å². The number of nitrogens with zero attached hydrogens (tertiary/aromatic N) is 3. The first-order valence-corrected chi connectivity index (χ1v) is 7.10. The zero-order valence-corrected chi connectivity index (χ0v) is 13.0. The van der Waals surface area contributed by atoms with Crippen LogP contribution in [0, 0.1) is 6.92 Å². The molecule has 20 heavy (non-hydrogen) atoms. The topological polar surface area (TPSA) is 48.5 Å². The maximum atomic E-state index is 12.7. The van der Waals surface area contributed by atoms with Crippen LogP contribution >= 0.6 is 0 Å². The second-order valence-electron chi connectivity index (χ2n) is 5.71. The Morgan fingerprint density at radius 1 is 1.30 bits per heavy atom. The fraction of sp³-hybridized carbons (Fsp3) is 0.600. The molecular weight excluding hydrogens is 252 g/mol. The predicted octanol–water partition coefficient (Wildman–Crippen LogP) is 1.60. The zero-order valence-electron chi connectivity index (χ0n) is 13.0. The minimum Gasteiger partial charge on any atom is -0.373 e. The SMILES string of the molecule is CNc1cc(C(=O)N2CC(C)N(C)C(C)C2)cc(C)n1. The maximum absolute atomic E-state index is 12.7. The normalized spacial score (nSPS) is 23.8. The van der Waals surface area contributed by atoms with Crippen LogP contribution in [0.4, 0.5) is 5.82 Å². The third-order valence-electron chi connectivity index (χ3n) is 4.10. The number of pyridine rings is 1. The number of anilines is 1. The molecule has 1 aromatic rings. The number of amides is 1. The number of hydrogen-bond acceptors (Lipinski definition) is 4. The lowest BCUT2D eigenvalue weighted by Crippen LogP contribution is -2.56. The summed E-state index contributed by atoms with van der Waals surface area (Å²) in [7, 11) is 3.93. The van der Waals surface area contributed by atoms with E-state index >= 15 is 0 Å². The van der Waals surface area contributed by atoms with Gasteiger partial charge < -0.3 is 10.2 Å². The molecule has 1 saturated heterocycles. The molecule has 0 aliphatic carbocycles. The number of hydrogen-bond donors (Lipinski definition) is 1. The highest BCUT2D eigenvalue weighted by Gasteiger charge is 2.29. The summed E-state index contributed by atoms with van der Waals surface area (Å²) in [6.07, 6.45) is 0. The fourth-order valence-electron chi connectivity index (χ4n) is 2.67. The summed E-state index contributed by atoms with van der Waals surface area (Å²) in [4.78, 5) is 21.3. The molecule has 1 aromatic heterocycles. The van der Waals surface area contributed by atoms with Crippen LogP contribution in [0.2, 0.25) is 0 Å². The molecule has 5 heteroatoms. The van der Waals surface area contributed by atoms with Crippen molar-refractivity contribution in [3.05, 3.63) is 23.4 Å². The molecule has 1 amide bonds. The molecule has 5 nitrogen and oxygen atoms in total. The lowest BCUT2D eigenvalue weighted by atomic mass is 10.1. The molecular formula is C15H24N4O. The molecule has 0 aromatic carbocycles. The smallest absolute Gasteiger partial charge is 0.254 e. The van der Waals surface area contributed by atoms with Gasteiger partial charge in [0.25, 0.3) is 5.91 Å². The van der Waals surface area contributed by atoms with E-state index < -0.39 is 0 Å². The molecule has 2 heterocycles. The highest BCUT2D eigenvalue weighted by Crippen LogP contribution is 2.18. The average molecular weight is 276 g/mol. The summed E-state index contributed by atoms with van der Waals surface area (Å²) in [6, 6.07) is 4.45. The van der Waals surface area contributed by atoms with Gasteiger partial charge in [-0.2, -0.15) is 0 Å². The van der Waals surface area contributed by atoms with E-state index in [1.807, 2.05) is 31.0 Å². The van der Waals surface area contributed by atoms with Gasteiger partial charge in [-0.3, -0.25) is 9.69 Å². The van der Waals surface area contributed by atoms with Crippen LogP contribution in [0.3, 0.4) is 0 Å². The summed E-state index contributed by atoms with van der Waals surface area (Å²) < 4.78 is 0. The van der Waals surface area contributed by atoms with Crippen LogP contribution in [0.25, 0.3) is 0 Å². The second kappa shape index (κ2) is 5.79. The predicted molar refractivity (Wildman–Crippen MR) is 81.1 cm³/mol. The molecule has 2 rings (SSSR count). The van der Waals surface area contributed by atoms with Crippen molar-refractivity contribution in [3.8, 4) is 0 Å². The van der Waals surface area contributed by atoms with E-state index in [9.17, 15) is 4.79 Å². The quantitative estimate of drug-likeness (QED) is 0.891. The molecule has 110 valence electrons. The summed E-state index contributed by atoms with van der Waals surface area (Å²) in [5, 5.41) is 3.00. The highest BCUT2D eigenvalue weighted by atomic mass is 16.2. The van der Waals surface area contributed by atoms with Gasteiger partial charge in [-0.05, 0) is 40.0 Å². The van der Waals surface area contributed by atoms with E-state index in [-0.39, 0.29) is 5.91 Å². The van der Waals surface area contributed by atoms with Crippen molar-refractivity contribution in [1.29, 1.82) is 0 Å². The minimum absolute atomic E-state index is 0.0961. The van der Waals surface area contributed by atoms with Gasteiger partial charge in [0.2, 0.25) is 0 Å². The van der Waals surface area contributed by atoms with Crippen molar-refractivity contribution in [2.45, 2.75) is 32.9 Å². The first-order valence-electron chi connectivity index (χ1n) is 7.10. The summed E-state index contributed by atoms with van der Waals surface area (Å²) in [5.74, 6) is 0.836. The molecule has 1 N–H and O–H groups in total. The molecule has 1 aliphatic rings. The maximum Gasteiger partial charge on any atom is 0.254 e. The van der Waals surface area contributed by atoms with Gasteiger partial charge in [0.05, 0.1) is 0 Å². The van der Waals surface area contributed by atoms with Crippen molar-refractivity contribution in [3.63, 3.8) is 0 Å². The number of carbonyl (C=O) groups is 1. The largest absolute Gasteiger partial charge is 0.373 e. The summed E-state index contributed by atoms with van der Waals surface area (Å²) >= 11 is 0. The van der Waals surface area contributed by atoms with Crippen LogP contribution in [-0.4, -0.2) is 60.0 Å². The molecule has 0 spiro atoms. The fourth-order valence-corrected chi connectivity index (χ4v) is 2.67. The van der Waals surface area contributed by atoms with Gasteiger partial charge in [0.15, 0.2) is 0 Å². The number of aryl methyl sites for hydroxylation is 1. The molecule has 1 aliphatic heterocycles. The van der Waals surface area contributed by atoms with E-state index in [0.29, 0.717) is 17.6 Å². The van der Waals surface area contributed by atoms with Crippen molar-refractivity contribution in [2.75, 3.05) is 32.5 Å². The van der Waals surface area contributed by atoms with E-state index in [2.05, 4.69) is 36.1 Å². The Kier molecular flexibility index (Phi) is 4.28. The Morgan fingerprint density at radius 3 is 2.45 bits per heavy atom. The van der Waals surface area contributed by atoms with E-state index in [4.69, 9.17) is 0 Å². The molecule has 0 saturated carbocycles. The lowest BCUT2D eigenvalue weighted by Gasteiger charge is -2.42. The Bertz CT molecular complexity index is 491. The molecule has 2 unspecified atom stereocenters. The Labute approximate surface area is 121 Å². The average Bonchev–Trinajstić information content (AvgIpc) is 2.42. The first-order chi connectivity index (χ1) is 9.42. The van der Waals surface area contributed by atoms with Gasteiger partial charge in [-0.1, -0.05) is 0 Å². The zero-order chi connectivity index (χ0) is 14.9. The van der Waals surface area contributed by atoms with E-state index in [1.54, 1.807) is 0 Å². The molecule has 1 fully saturated rings. The van der Waals surface area contributed by atoms with Gasteiger partial charge in [0, 0.05) is 43.5 Å². The number of aromatic nitrogens is 1. The van der Waals surface area contributed by atoms with Crippen LogP contribution < -0.4 is 5.32 Å². The molecule has 0 radical (unpaired) electrons. The molecule has 2 atom stereocenters. The Morgan fingerprint density at radius 2 is 1.90 bits per heavy atom. The minimum atomic E-state index is 0.0961. The standard InChI is InChI=1S/C15H24N4O/c1-10-6-13(7-14(16-4)17-10)15(20)19-8-11(2)18(5)12(3)9-19/h6-7,11-12H,8-9H2,1-5H3,(H,16,17). The monoisotopic (exact) mass is 276 g/mol. The van der Waals surface area contributed by atoms with Crippen LogP contribution in [0.1, 0.15) is 29.9 Å². The number of likely N-dealkylation sites (N-methyl/N-ethyl adjacent to an activating group) is 1. The van der Waals surface area contributed by atoms with Crippen molar-refractivity contribution >= 4 is 11.7 Å². The third kappa shape index (κ3) is 2.93. The van der Waals surface area contributed by atoms with E-state index in [1.165, 1.54) is 0 Å². The van der Waals surface area contributed by atoms with Gasteiger partial charge >= 0.3 is 0 Å². The lowest BCUT2D eigenvalue weighted by molar-refractivity contribution is 0.0414. The van der Waals surface area contributed by atoms with Gasteiger partial charge in [-0.15, -0.1) is 0 Å². The van der Waals surface area contributed by atoms with Crippen molar-refractivity contribution in [1.82, 2.24) is 14.8 Å². The Hall–Kier alpha value is -1.62. The first kappa shape index (κ1) is 14.8. The van der Waals surface area contributed by atoms with Crippen LogP contribution in [0.15, 0.2) is 12.1 Å². The second-order valence-corrected chi connectivity index (χ2v) is 5.71. The molecule has 0 bridgehead atoms.